The zero-order valence-corrected chi connectivity index (χ0v) is 21.2. The zero-order valence-electron chi connectivity index (χ0n) is 18.1. The molecule has 30 heavy (non-hydrogen) atoms. The summed E-state index contributed by atoms with van der Waals surface area (Å²) >= 11 is 0. The van der Waals surface area contributed by atoms with Crippen LogP contribution in [-0.4, -0.2) is 18.7 Å². The van der Waals surface area contributed by atoms with Crippen LogP contribution in [0.4, 0.5) is 5.69 Å². The van der Waals surface area contributed by atoms with Crippen molar-refractivity contribution in [3.05, 3.63) is 107 Å². The van der Waals surface area contributed by atoms with Crippen LogP contribution in [-0.2, 0) is 4.74 Å². The first-order chi connectivity index (χ1) is 14.0. The molecule has 148 valence electrons. The molecule has 0 saturated carbocycles. The molecule has 1 aliphatic rings. The first-order valence-corrected chi connectivity index (χ1v) is 9.69. The summed E-state index contributed by atoms with van der Waals surface area (Å²) in [6.45, 7) is 5.07. The Hall–Kier alpha value is -1.82. The average molecular weight is 424 g/mol. The molecule has 0 spiro atoms. The summed E-state index contributed by atoms with van der Waals surface area (Å²) in [6, 6.07) is 16.5. The summed E-state index contributed by atoms with van der Waals surface area (Å²) in [7, 11) is 2.09. The quantitative estimate of drug-likeness (QED) is 0.572. The van der Waals surface area contributed by atoms with Crippen molar-refractivity contribution in [1.29, 1.82) is 0 Å². The minimum absolute atomic E-state index is 0. The van der Waals surface area contributed by atoms with Gasteiger partial charge in [0.2, 0.25) is 0 Å². The Bertz CT molecular complexity index is 981. The largest absolute Gasteiger partial charge is 1.00 e. The Kier molecular flexibility index (Phi) is 9.89. The standard InChI is InChI=1S/C26H26NO2.K/c1-4-27(3)24-13-8-22(9-14-24)12-17-26-19-23(18-20(2)29-26)7-5-6-21-10-15-25(28)16-11-21;/h5-15,17-19,28H,4H2,1-3H3;/q-1;+1/b6-5+,17-12+,23-7+;. The number of aromatic hydroxyl groups is 1. The minimum Gasteiger partial charge on any atom is -0.534 e. The van der Waals surface area contributed by atoms with Gasteiger partial charge in [0.05, 0.1) is 0 Å². The molecule has 0 atom stereocenters. The monoisotopic (exact) mass is 423 g/mol. The minimum atomic E-state index is 0. The van der Waals surface area contributed by atoms with E-state index in [4.69, 9.17) is 4.74 Å². The van der Waals surface area contributed by atoms with E-state index in [1.807, 2.05) is 49.4 Å². The number of anilines is 1. The third kappa shape index (κ3) is 7.45. The maximum Gasteiger partial charge on any atom is 1.00 e. The Morgan fingerprint density at radius 3 is 2.40 bits per heavy atom. The zero-order chi connectivity index (χ0) is 20.6. The molecule has 2 aromatic rings. The van der Waals surface area contributed by atoms with Crippen molar-refractivity contribution in [3.63, 3.8) is 0 Å². The molecular weight excluding hydrogens is 397 g/mol. The van der Waals surface area contributed by atoms with Crippen LogP contribution < -0.4 is 56.3 Å². The second kappa shape index (κ2) is 12.1. The number of allylic oxidation sites excluding steroid dienone is 7. The molecular formula is C26H26KNO2. The van der Waals surface area contributed by atoms with Gasteiger partial charge in [0.15, 0.2) is 0 Å². The van der Waals surface area contributed by atoms with Gasteiger partial charge in [-0.15, -0.1) is 23.8 Å². The van der Waals surface area contributed by atoms with E-state index >= 15 is 0 Å². The summed E-state index contributed by atoms with van der Waals surface area (Å²) < 4.78 is 5.82. The Balaban J connectivity index is 0.00000320. The summed E-state index contributed by atoms with van der Waals surface area (Å²) in [5.41, 5.74) is 4.38. The molecule has 3 nitrogen and oxygen atoms in total. The van der Waals surface area contributed by atoms with E-state index in [-0.39, 0.29) is 57.1 Å². The van der Waals surface area contributed by atoms with E-state index in [0.717, 1.165) is 34.8 Å². The molecule has 2 aromatic carbocycles. The average Bonchev–Trinajstić information content (AvgIpc) is 2.73. The van der Waals surface area contributed by atoms with Crippen LogP contribution in [0.3, 0.4) is 0 Å². The first-order valence-electron chi connectivity index (χ1n) is 9.69. The van der Waals surface area contributed by atoms with Gasteiger partial charge < -0.3 is 14.7 Å². The van der Waals surface area contributed by atoms with Crippen molar-refractivity contribution < 1.29 is 61.2 Å². The maximum absolute atomic E-state index is 9.30. The molecule has 0 aliphatic carbocycles. The summed E-state index contributed by atoms with van der Waals surface area (Å²) in [5.74, 6) is 1.80. The van der Waals surface area contributed by atoms with Crippen LogP contribution in [0, 0.1) is 6.07 Å². The maximum atomic E-state index is 9.30. The number of phenols is 1. The van der Waals surface area contributed by atoms with Crippen molar-refractivity contribution >= 4 is 17.8 Å². The molecule has 1 N–H and O–H groups in total. The van der Waals surface area contributed by atoms with Gasteiger partial charge in [-0.2, -0.15) is 12.1 Å². The SMILES string of the molecule is CCN(C)c1ccc(/C=C/C2=CC(=C/C=C/c3c[c-]c(O)cc3)/C=C(C)O2)cc1.[K+]. The molecule has 3 rings (SSSR count). The normalized spacial score (nSPS) is 15.0. The van der Waals surface area contributed by atoms with E-state index in [0.29, 0.717) is 0 Å². The Morgan fingerprint density at radius 2 is 1.73 bits per heavy atom. The van der Waals surface area contributed by atoms with Gasteiger partial charge in [-0.25, -0.2) is 0 Å². The van der Waals surface area contributed by atoms with Crippen LogP contribution >= 0.6 is 0 Å². The molecule has 0 saturated heterocycles. The van der Waals surface area contributed by atoms with Crippen molar-refractivity contribution in [2.45, 2.75) is 13.8 Å². The van der Waals surface area contributed by atoms with E-state index < -0.39 is 0 Å². The topological polar surface area (TPSA) is 32.7 Å². The van der Waals surface area contributed by atoms with E-state index in [2.05, 4.69) is 55.3 Å². The number of benzene rings is 2. The number of hydrogen-bond acceptors (Lipinski definition) is 3. The third-order valence-corrected chi connectivity index (χ3v) is 4.60. The Labute approximate surface area is 222 Å². The van der Waals surface area contributed by atoms with Crippen molar-refractivity contribution in [2.24, 2.45) is 0 Å². The van der Waals surface area contributed by atoms with Crippen LogP contribution in [0.15, 0.2) is 89.9 Å². The van der Waals surface area contributed by atoms with Crippen LogP contribution in [0.2, 0.25) is 0 Å². The number of rotatable bonds is 6. The molecule has 1 aliphatic heterocycles. The summed E-state index contributed by atoms with van der Waals surface area (Å²) in [6.07, 6.45) is 14.0. The van der Waals surface area contributed by atoms with E-state index in [9.17, 15) is 5.11 Å². The van der Waals surface area contributed by atoms with Gasteiger partial charge in [-0.1, -0.05) is 30.4 Å². The predicted octanol–water partition coefficient (Wildman–Crippen LogP) is 3.12. The molecule has 0 amide bonds. The Morgan fingerprint density at radius 1 is 1.00 bits per heavy atom. The smallest absolute Gasteiger partial charge is 0.534 e. The number of nitrogens with zero attached hydrogens (tertiary/aromatic N) is 1. The van der Waals surface area contributed by atoms with Gasteiger partial charge in [-0.05, 0) is 55.3 Å². The molecule has 0 unspecified atom stereocenters. The predicted molar refractivity (Wildman–Crippen MR) is 121 cm³/mol. The van der Waals surface area contributed by atoms with Gasteiger partial charge in [-0.3, -0.25) is 0 Å². The summed E-state index contributed by atoms with van der Waals surface area (Å²) in [5, 5.41) is 9.30. The molecule has 0 fully saturated rings. The second-order valence-electron chi connectivity index (χ2n) is 6.88. The number of hydrogen-bond donors (Lipinski definition) is 1. The summed E-state index contributed by atoms with van der Waals surface area (Å²) in [4.78, 5) is 2.20. The van der Waals surface area contributed by atoms with E-state index in [1.54, 1.807) is 12.1 Å². The van der Waals surface area contributed by atoms with Gasteiger partial charge in [0.25, 0.3) is 0 Å². The second-order valence-corrected chi connectivity index (χ2v) is 6.88. The van der Waals surface area contributed by atoms with Crippen LogP contribution in [0.25, 0.3) is 12.2 Å². The molecule has 0 radical (unpaired) electrons. The molecule has 0 bridgehead atoms. The van der Waals surface area contributed by atoms with Gasteiger partial charge >= 0.3 is 51.4 Å². The fraction of sp³-hybridized carbons (Fsp3) is 0.154. The molecule has 1 heterocycles. The number of phenolic OH excluding ortho intramolecular Hbond substituents is 1. The van der Waals surface area contributed by atoms with Gasteiger partial charge in [0.1, 0.15) is 11.5 Å². The van der Waals surface area contributed by atoms with Crippen LogP contribution in [0.1, 0.15) is 25.0 Å². The fourth-order valence-corrected chi connectivity index (χ4v) is 2.87. The number of ether oxygens (including phenoxy) is 1. The molecule has 0 aromatic heterocycles. The fourth-order valence-electron chi connectivity index (χ4n) is 2.87. The first kappa shape index (κ1) is 24.4. The van der Waals surface area contributed by atoms with Crippen molar-refractivity contribution in [3.8, 4) is 5.75 Å². The van der Waals surface area contributed by atoms with Gasteiger partial charge in [0, 0.05) is 25.0 Å². The van der Waals surface area contributed by atoms with E-state index in [1.165, 1.54) is 5.69 Å². The van der Waals surface area contributed by atoms with Crippen molar-refractivity contribution in [2.75, 3.05) is 18.5 Å². The molecule has 4 heteroatoms. The van der Waals surface area contributed by atoms with Crippen LogP contribution in [0.5, 0.6) is 5.75 Å². The third-order valence-electron chi connectivity index (χ3n) is 4.60. The van der Waals surface area contributed by atoms with Crippen molar-refractivity contribution in [1.82, 2.24) is 0 Å².